The zero-order valence-electron chi connectivity index (χ0n) is 11.7. The molecule has 0 spiro atoms. The molecule has 0 aliphatic carbocycles. The Morgan fingerprint density at radius 2 is 2.05 bits per heavy atom. The van der Waals surface area contributed by atoms with E-state index in [1.807, 2.05) is 38.1 Å². The van der Waals surface area contributed by atoms with E-state index in [-0.39, 0.29) is 5.84 Å². The van der Waals surface area contributed by atoms with Gasteiger partial charge in [-0.2, -0.15) is 5.10 Å². The van der Waals surface area contributed by atoms with Crippen molar-refractivity contribution in [1.29, 1.82) is 0 Å². The van der Waals surface area contributed by atoms with Gasteiger partial charge in [0.05, 0.1) is 11.3 Å². The first-order valence-corrected chi connectivity index (χ1v) is 7.59. The number of oxime groups is 1. The van der Waals surface area contributed by atoms with Gasteiger partial charge in [0, 0.05) is 10.8 Å². The van der Waals surface area contributed by atoms with Gasteiger partial charge in [-0.1, -0.05) is 46.7 Å². The molecule has 1 aromatic carbocycles. The Morgan fingerprint density at radius 3 is 2.71 bits per heavy atom. The average molecular weight is 323 g/mol. The van der Waals surface area contributed by atoms with Crippen molar-refractivity contribution in [2.75, 3.05) is 0 Å². The molecule has 3 N–H and O–H groups in total. The Balaban J connectivity index is 2.33. The summed E-state index contributed by atoms with van der Waals surface area (Å²) in [4.78, 5) is 0. The van der Waals surface area contributed by atoms with E-state index in [2.05, 4.69) is 15.4 Å². The van der Waals surface area contributed by atoms with Crippen molar-refractivity contribution in [3.05, 3.63) is 51.7 Å². The first kappa shape index (κ1) is 15.6. The number of nitrogens with zero attached hydrogens (tertiary/aromatic N) is 3. The molecule has 110 valence electrons. The highest BCUT2D eigenvalue weighted by atomic mass is 35.5. The Kier molecular flexibility index (Phi) is 5.03. The third kappa shape index (κ3) is 3.46. The molecule has 5 nitrogen and oxygen atoms in total. The van der Waals surface area contributed by atoms with Crippen LogP contribution in [0.25, 0.3) is 0 Å². The summed E-state index contributed by atoms with van der Waals surface area (Å²) in [5.41, 5.74) is 8.96. The average Bonchev–Trinajstić information content (AvgIpc) is 2.49. The maximum absolute atomic E-state index is 8.94. The SMILES string of the molecule is Cc1nnc(SCc2ccccc2Cl)c(/C(N)=N/O)c1C. The van der Waals surface area contributed by atoms with Crippen molar-refractivity contribution in [3.8, 4) is 0 Å². The van der Waals surface area contributed by atoms with Crippen LogP contribution in [-0.4, -0.2) is 21.2 Å². The lowest BCUT2D eigenvalue weighted by Crippen LogP contribution is -2.18. The lowest BCUT2D eigenvalue weighted by Gasteiger charge is -2.11. The van der Waals surface area contributed by atoms with Crippen LogP contribution < -0.4 is 5.73 Å². The van der Waals surface area contributed by atoms with Gasteiger partial charge in [0.1, 0.15) is 5.03 Å². The summed E-state index contributed by atoms with van der Waals surface area (Å²) in [5, 5.41) is 21.6. The van der Waals surface area contributed by atoms with Crippen LogP contribution in [-0.2, 0) is 5.75 Å². The zero-order chi connectivity index (χ0) is 15.4. The van der Waals surface area contributed by atoms with E-state index in [0.29, 0.717) is 21.4 Å². The molecular formula is C14H15ClN4OS. The third-order valence-corrected chi connectivity index (χ3v) is 4.49. The predicted molar refractivity (Wildman–Crippen MR) is 85.0 cm³/mol. The van der Waals surface area contributed by atoms with Crippen molar-refractivity contribution in [2.45, 2.75) is 24.6 Å². The van der Waals surface area contributed by atoms with E-state index in [9.17, 15) is 0 Å². The molecular weight excluding hydrogens is 308 g/mol. The highest BCUT2D eigenvalue weighted by Crippen LogP contribution is 2.29. The molecule has 0 fully saturated rings. The molecule has 1 aromatic heterocycles. The predicted octanol–water partition coefficient (Wildman–Crippen LogP) is 3.13. The minimum absolute atomic E-state index is 0.0344. The highest BCUT2D eigenvalue weighted by molar-refractivity contribution is 7.98. The Labute approximate surface area is 132 Å². The molecule has 0 saturated heterocycles. The first-order chi connectivity index (χ1) is 10.0. The van der Waals surface area contributed by atoms with Crippen molar-refractivity contribution < 1.29 is 5.21 Å². The number of rotatable bonds is 4. The van der Waals surface area contributed by atoms with Gasteiger partial charge in [0.15, 0.2) is 5.84 Å². The van der Waals surface area contributed by atoms with Crippen LogP contribution in [0, 0.1) is 13.8 Å². The van der Waals surface area contributed by atoms with Crippen LogP contribution in [0.15, 0.2) is 34.4 Å². The molecule has 0 saturated carbocycles. The quantitative estimate of drug-likeness (QED) is 0.297. The summed E-state index contributed by atoms with van der Waals surface area (Å²) in [6.45, 7) is 3.70. The van der Waals surface area contributed by atoms with E-state index in [0.717, 1.165) is 16.8 Å². The van der Waals surface area contributed by atoms with Gasteiger partial charge in [-0.15, -0.1) is 5.10 Å². The zero-order valence-corrected chi connectivity index (χ0v) is 13.2. The van der Waals surface area contributed by atoms with Crippen LogP contribution in [0.5, 0.6) is 0 Å². The van der Waals surface area contributed by atoms with Gasteiger partial charge in [-0.25, -0.2) is 0 Å². The lowest BCUT2D eigenvalue weighted by molar-refractivity contribution is 0.318. The molecule has 0 unspecified atom stereocenters. The summed E-state index contributed by atoms with van der Waals surface area (Å²) < 4.78 is 0. The number of amidine groups is 1. The second-order valence-electron chi connectivity index (χ2n) is 4.46. The van der Waals surface area contributed by atoms with Gasteiger partial charge in [-0.3, -0.25) is 0 Å². The molecule has 1 heterocycles. The van der Waals surface area contributed by atoms with Crippen LogP contribution in [0.3, 0.4) is 0 Å². The largest absolute Gasteiger partial charge is 0.409 e. The number of halogens is 1. The van der Waals surface area contributed by atoms with Crippen molar-refractivity contribution >= 4 is 29.2 Å². The molecule has 0 radical (unpaired) electrons. The van der Waals surface area contributed by atoms with Gasteiger partial charge < -0.3 is 10.9 Å². The molecule has 0 aliphatic heterocycles. The number of aryl methyl sites for hydroxylation is 1. The van der Waals surface area contributed by atoms with Gasteiger partial charge in [0.25, 0.3) is 0 Å². The minimum Gasteiger partial charge on any atom is -0.409 e. The topological polar surface area (TPSA) is 84.4 Å². The molecule has 2 rings (SSSR count). The fourth-order valence-corrected chi connectivity index (χ4v) is 3.13. The van der Waals surface area contributed by atoms with E-state index < -0.39 is 0 Å². The van der Waals surface area contributed by atoms with Crippen molar-refractivity contribution in [2.24, 2.45) is 10.9 Å². The molecule has 2 aromatic rings. The Morgan fingerprint density at radius 1 is 1.33 bits per heavy atom. The Bertz CT molecular complexity index is 691. The summed E-state index contributed by atoms with van der Waals surface area (Å²) in [5.74, 6) is 0.662. The van der Waals surface area contributed by atoms with Crippen LogP contribution in [0.1, 0.15) is 22.4 Å². The third-order valence-electron chi connectivity index (χ3n) is 3.11. The number of aromatic nitrogens is 2. The molecule has 7 heteroatoms. The fourth-order valence-electron chi connectivity index (χ4n) is 1.80. The number of hydrogen-bond acceptors (Lipinski definition) is 5. The molecule has 21 heavy (non-hydrogen) atoms. The summed E-state index contributed by atoms with van der Waals surface area (Å²) in [6.07, 6.45) is 0. The van der Waals surface area contributed by atoms with E-state index >= 15 is 0 Å². The smallest absolute Gasteiger partial charge is 0.173 e. The maximum atomic E-state index is 8.94. The minimum atomic E-state index is 0.0344. The van der Waals surface area contributed by atoms with E-state index in [1.54, 1.807) is 0 Å². The molecule has 0 atom stereocenters. The lowest BCUT2D eigenvalue weighted by atomic mass is 10.1. The molecule has 0 bridgehead atoms. The second kappa shape index (κ2) is 6.78. The normalized spacial score (nSPS) is 11.7. The standard InChI is InChI=1S/C14H15ClN4OS/c1-8-9(2)17-18-14(12(8)13(16)19-20)21-7-10-5-3-4-6-11(10)15/h3-6,20H,7H2,1-2H3,(H2,16,19). The fraction of sp³-hybridized carbons (Fsp3) is 0.214. The van der Waals surface area contributed by atoms with Gasteiger partial charge in [-0.05, 0) is 31.0 Å². The van der Waals surface area contributed by atoms with Crippen molar-refractivity contribution in [1.82, 2.24) is 10.2 Å². The number of nitrogens with two attached hydrogens (primary N) is 1. The summed E-state index contributed by atoms with van der Waals surface area (Å²) in [6, 6.07) is 7.60. The number of hydrogen-bond donors (Lipinski definition) is 2. The summed E-state index contributed by atoms with van der Waals surface area (Å²) >= 11 is 7.59. The van der Waals surface area contributed by atoms with Gasteiger partial charge >= 0.3 is 0 Å². The molecule has 0 amide bonds. The van der Waals surface area contributed by atoms with E-state index in [4.69, 9.17) is 22.5 Å². The number of benzene rings is 1. The van der Waals surface area contributed by atoms with Crippen LogP contribution in [0.4, 0.5) is 0 Å². The van der Waals surface area contributed by atoms with Crippen molar-refractivity contribution in [3.63, 3.8) is 0 Å². The first-order valence-electron chi connectivity index (χ1n) is 6.22. The molecule has 0 aliphatic rings. The van der Waals surface area contributed by atoms with Crippen LogP contribution in [0.2, 0.25) is 5.02 Å². The number of thioether (sulfide) groups is 1. The monoisotopic (exact) mass is 322 g/mol. The van der Waals surface area contributed by atoms with E-state index in [1.165, 1.54) is 11.8 Å². The van der Waals surface area contributed by atoms with Crippen LogP contribution >= 0.6 is 23.4 Å². The summed E-state index contributed by atoms with van der Waals surface area (Å²) in [7, 11) is 0. The maximum Gasteiger partial charge on any atom is 0.173 e. The highest BCUT2D eigenvalue weighted by Gasteiger charge is 2.16. The van der Waals surface area contributed by atoms with Gasteiger partial charge in [0.2, 0.25) is 0 Å². The second-order valence-corrected chi connectivity index (χ2v) is 5.83. The Hall–Kier alpha value is -1.79.